The van der Waals surface area contributed by atoms with Gasteiger partial charge in [0.1, 0.15) is 10.8 Å². The third kappa shape index (κ3) is 2.93. The standard InChI is InChI=1S/C11H14ClN3O/c12-10-5-1-4-9(15-10)11(16)14-8-3-2-6-13-7-8/h1,4-5,8,13H,2-3,6-7H2,(H,14,16)/t8-/m1/s1. The van der Waals surface area contributed by atoms with Gasteiger partial charge in [0.05, 0.1) is 0 Å². The highest BCUT2D eigenvalue weighted by Gasteiger charge is 2.16. The van der Waals surface area contributed by atoms with Gasteiger partial charge < -0.3 is 10.6 Å². The average molecular weight is 240 g/mol. The van der Waals surface area contributed by atoms with Crippen LogP contribution in [0.3, 0.4) is 0 Å². The zero-order valence-corrected chi connectivity index (χ0v) is 9.63. The molecule has 86 valence electrons. The monoisotopic (exact) mass is 239 g/mol. The molecule has 4 nitrogen and oxygen atoms in total. The van der Waals surface area contributed by atoms with Crippen LogP contribution < -0.4 is 10.6 Å². The van der Waals surface area contributed by atoms with Crippen LogP contribution in [0, 0.1) is 0 Å². The van der Waals surface area contributed by atoms with E-state index in [9.17, 15) is 4.79 Å². The predicted octanol–water partition coefficient (Wildman–Crippen LogP) is 1.22. The number of nitrogens with one attached hydrogen (secondary N) is 2. The van der Waals surface area contributed by atoms with Crippen molar-refractivity contribution in [3.8, 4) is 0 Å². The molecule has 0 aliphatic carbocycles. The van der Waals surface area contributed by atoms with Crippen LogP contribution in [0.25, 0.3) is 0 Å². The summed E-state index contributed by atoms with van der Waals surface area (Å²) in [5.41, 5.74) is 0.373. The zero-order valence-electron chi connectivity index (χ0n) is 8.87. The van der Waals surface area contributed by atoms with Crippen LogP contribution in [0.5, 0.6) is 0 Å². The number of pyridine rings is 1. The number of piperidine rings is 1. The van der Waals surface area contributed by atoms with Crippen LogP contribution in [0.4, 0.5) is 0 Å². The lowest BCUT2D eigenvalue weighted by atomic mass is 10.1. The molecule has 0 saturated carbocycles. The highest BCUT2D eigenvalue weighted by molar-refractivity contribution is 6.29. The highest BCUT2D eigenvalue weighted by atomic mass is 35.5. The van der Waals surface area contributed by atoms with E-state index in [1.807, 2.05) is 0 Å². The Balaban J connectivity index is 1.97. The van der Waals surface area contributed by atoms with Crippen LogP contribution in [-0.2, 0) is 0 Å². The van der Waals surface area contributed by atoms with E-state index in [0.717, 1.165) is 25.9 Å². The van der Waals surface area contributed by atoms with E-state index in [1.165, 1.54) is 0 Å². The minimum Gasteiger partial charge on any atom is -0.347 e. The summed E-state index contributed by atoms with van der Waals surface area (Å²) >= 11 is 5.73. The van der Waals surface area contributed by atoms with Crippen molar-refractivity contribution in [1.82, 2.24) is 15.6 Å². The van der Waals surface area contributed by atoms with Crippen molar-refractivity contribution in [1.29, 1.82) is 0 Å². The first-order chi connectivity index (χ1) is 7.75. The number of aromatic nitrogens is 1. The summed E-state index contributed by atoms with van der Waals surface area (Å²) in [4.78, 5) is 15.8. The average Bonchev–Trinajstić information content (AvgIpc) is 2.30. The van der Waals surface area contributed by atoms with Gasteiger partial charge in [0.25, 0.3) is 5.91 Å². The van der Waals surface area contributed by atoms with Crippen LogP contribution in [-0.4, -0.2) is 30.0 Å². The SMILES string of the molecule is O=C(N[C@@H]1CCCNC1)c1cccc(Cl)n1. The Morgan fingerprint density at radius 1 is 1.56 bits per heavy atom. The number of rotatable bonds is 2. The lowest BCUT2D eigenvalue weighted by Gasteiger charge is -2.23. The summed E-state index contributed by atoms with van der Waals surface area (Å²) in [6, 6.07) is 5.24. The van der Waals surface area contributed by atoms with Gasteiger partial charge in [-0.2, -0.15) is 0 Å². The summed E-state index contributed by atoms with van der Waals surface area (Å²) in [7, 11) is 0. The Morgan fingerprint density at radius 2 is 2.44 bits per heavy atom. The van der Waals surface area contributed by atoms with Crippen LogP contribution in [0.1, 0.15) is 23.3 Å². The summed E-state index contributed by atoms with van der Waals surface area (Å²) in [6.45, 7) is 1.86. The lowest BCUT2D eigenvalue weighted by Crippen LogP contribution is -2.45. The number of nitrogens with zero attached hydrogens (tertiary/aromatic N) is 1. The second-order valence-corrected chi connectivity index (χ2v) is 4.25. The minimum atomic E-state index is -0.156. The maximum atomic E-state index is 11.8. The third-order valence-electron chi connectivity index (χ3n) is 2.58. The van der Waals surface area contributed by atoms with Crippen molar-refractivity contribution in [2.45, 2.75) is 18.9 Å². The molecule has 1 fully saturated rings. The highest BCUT2D eigenvalue weighted by Crippen LogP contribution is 2.06. The van der Waals surface area contributed by atoms with Crippen molar-refractivity contribution in [2.24, 2.45) is 0 Å². The second-order valence-electron chi connectivity index (χ2n) is 3.86. The van der Waals surface area contributed by atoms with Crippen LogP contribution >= 0.6 is 11.6 Å². The van der Waals surface area contributed by atoms with E-state index in [4.69, 9.17) is 11.6 Å². The fourth-order valence-electron chi connectivity index (χ4n) is 1.77. The molecule has 0 spiro atoms. The maximum Gasteiger partial charge on any atom is 0.270 e. The molecule has 0 radical (unpaired) electrons. The molecule has 0 aromatic carbocycles. The minimum absolute atomic E-state index is 0.156. The Hall–Kier alpha value is -1.13. The zero-order chi connectivity index (χ0) is 11.4. The molecule has 1 aliphatic rings. The molecule has 2 heterocycles. The first-order valence-electron chi connectivity index (χ1n) is 5.40. The van der Waals surface area contributed by atoms with E-state index < -0.39 is 0 Å². The topological polar surface area (TPSA) is 54.0 Å². The first kappa shape index (κ1) is 11.4. The predicted molar refractivity (Wildman–Crippen MR) is 62.6 cm³/mol. The van der Waals surface area contributed by atoms with Gasteiger partial charge in [0, 0.05) is 12.6 Å². The van der Waals surface area contributed by atoms with E-state index in [2.05, 4.69) is 15.6 Å². The molecule has 1 aromatic rings. The second kappa shape index (κ2) is 5.27. The summed E-state index contributed by atoms with van der Waals surface area (Å²) in [5.74, 6) is -0.156. The molecule has 16 heavy (non-hydrogen) atoms. The molecule has 1 amide bonds. The first-order valence-corrected chi connectivity index (χ1v) is 5.77. The Kier molecular flexibility index (Phi) is 3.74. The molecular weight excluding hydrogens is 226 g/mol. The van der Waals surface area contributed by atoms with E-state index in [-0.39, 0.29) is 11.9 Å². The van der Waals surface area contributed by atoms with Crippen molar-refractivity contribution < 1.29 is 4.79 Å². The Morgan fingerprint density at radius 3 is 3.12 bits per heavy atom. The molecule has 2 N–H and O–H groups in total. The molecule has 5 heteroatoms. The Labute approximate surface area is 99.4 Å². The smallest absolute Gasteiger partial charge is 0.270 e. The van der Waals surface area contributed by atoms with Crippen molar-refractivity contribution >= 4 is 17.5 Å². The largest absolute Gasteiger partial charge is 0.347 e. The lowest BCUT2D eigenvalue weighted by molar-refractivity contribution is 0.0925. The van der Waals surface area contributed by atoms with Crippen molar-refractivity contribution in [3.63, 3.8) is 0 Å². The van der Waals surface area contributed by atoms with Crippen molar-refractivity contribution in [2.75, 3.05) is 13.1 Å². The van der Waals surface area contributed by atoms with E-state index in [1.54, 1.807) is 18.2 Å². The number of amides is 1. The summed E-state index contributed by atoms with van der Waals surface area (Å²) in [5, 5.41) is 6.52. The van der Waals surface area contributed by atoms with Gasteiger partial charge in [-0.3, -0.25) is 4.79 Å². The number of carbonyl (C=O) groups excluding carboxylic acids is 1. The number of halogens is 1. The molecule has 0 bridgehead atoms. The fourth-order valence-corrected chi connectivity index (χ4v) is 1.93. The van der Waals surface area contributed by atoms with Crippen LogP contribution in [0.2, 0.25) is 5.15 Å². The number of hydrogen-bond donors (Lipinski definition) is 2. The van der Waals surface area contributed by atoms with Gasteiger partial charge in [-0.1, -0.05) is 17.7 Å². The Bertz CT molecular complexity index is 377. The molecule has 1 atom stereocenters. The fraction of sp³-hybridized carbons (Fsp3) is 0.455. The van der Waals surface area contributed by atoms with Gasteiger partial charge in [0.15, 0.2) is 0 Å². The summed E-state index contributed by atoms with van der Waals surface area (Å²) in [6.07, 6.45) is 2.10. The number of carbonyl (C=O) groups is 1. The molecule has 1 aliphatic heterocycles. The quantitative estimate of drug-likeness (QED) is 0.763. The third-order valence-corrected chi connectivity index (χ3v) is 2.79. The summed E-state index contributed by atoms with van der Waals surface area (Å²) < 4.78 is 0. The van der Waals surface area contributed by atoms with E-state index >= 15 is 0 Å². The van der Waals surface area contributed by atoms with Gasteiger partial charge in [-0.15, -0.1) is 0 Å². The molecule has 2 rings (SSSR count). The normalized spacial score (nSPS) is 20.4. The van der Waals surface area contributed by atoms with Crippen LogP contribution in [0.15, 0.2) is 18.2 Å². The van der Waals surface area contributed by atoms with Gasteiger partial charge in [-0.25, -0.2) is 4.98 Å². The number of hydrogen-bond acceptors (Lipinski definition) is 3. The van der Waals surface area contributed by atoms with Gasteiger partial charge >= 0.3 is 0 Å². The molecule has 1 saturated heterocycles. The molecular formula is C11H14ClN3O. The maximum absolute atomic E-state index is 11.8. The molecule has 1 aromatic heterocycles. The van der Waals surface area contributed by atoms with E-state index in [0.29, 0.717) is 10.8 Å². The van der Waals surface area contributed by atoms with Crippen molar-refractivity contribution in [3.05, 3.63) is 29.0 Å². The van der Waals surface area contributed by atoms with Gasteiger partial charge in [0.2, 0.25) is 0 Å². The van der Waals surface area contributed by atoms with Gasteiger partial charge in [-0.05, 0) is 31.5 Å². The molecule has 0 unspecified atom stereocenters.